The van der Waals surface area contributed by atoms with Crippen molar-refractivity contribution in [2.45, 2.75) is 18.9 Å². The molecule has 0 aliphatic rings. The fourth-order valence-corrected chi connectivity index (χ4v) is 2.01. The lowest BCUT2D eigenvalue weighted by Gasteiger charge is -2.25. The van der Waals surface area contributed by atoms with Crippen LogP contribution >= 0.6 is 0 Å². The maximum absolute atomic E-state index is 9.44. The van der Waals surface area contributed by atoms with Crippen LogP contribution < -0.4 is 5.73 Å². The van der Waals surface area contributed by atoms with E-state index in [9.17, 15) is 5.11 Å². The summed E-state index contributed by atoms with van der Waals surface area (Å²) in [4.78, 5) is 0. The summed E-state index contributed by atoms with van der Waals surface area (Å²) in [6, 6.07) is 17.3. The van der Waals surface area contributed by atoms with Crippen molar-refractivity contribution in [3.05, 3.63) is 65.7 Å². The van der Waals surface area contributed by atoms with Crippen LogP contribution in [0, 0.1) is 0 Å². The maximum Gasteiger partial charge on any atom is 0.115 e. The molecule has 0 spiro atoms. The summed E-state index contributed by atoms with van der Waals surface area (Å²) >= 11 is 0. The van der Waals surface area contributed by atoms with Crippen molar-refractivity contribution < 1.29 is 5.11 Å². The Morgan fingerprint density at radius 1 is 1.06 bits per heavy atom. The third-order valence-electron chi connectivity index (χ3n) is 2.92. The van der Waals surface area contributed by atoms with Gasteiger partial charge < -0.3 is 10.8 Å². The van der Waals surface area contributed by atoms with Crippen LogP contribution in [-0.2, 0) is 12.0 Å². The molecular formula is C15H17NO. The van der Waals surface area contributed by atoms with Gasteiger partial charge >= 0.3 is 0 Å². The summed E-state index contributed by atoms with van der Waals surface area (Å²) in [6.07, 6.45) is 0.700. The normalized spacial score (nSPS) is 14.2. The first-order valence-corrected chi connectivity index (χ1v) is 5.70. The van der Waals surface area contributed by atoms with Crippen LogP contribution in [0.25, 0.3) is 0 Å². The van der Waals surface area contributed by atoms with Crippen LogP contribution in [0.3, 0.4) is 0 Å². The Balaban J connectivity index is 2.23. The fourth-order valence-electron chi connectivity index (χ4n) is 2.01. The van der Waals surface area contributed by atoms with Crippen molar-refractivity contribution in [3.63, 3.8) is 0 Å². The minimum Gasteiger partial charge on any atom is -0.508 e. The van der Waals surface area contributed by atoms with Crippen molar-refractivity contribution in [2.24, 2.45) is 5.73 Å². The molecule has 88 valence electrons. The van der Waals surface area contributed by atoms with E-state index in [1.54, 1.807) is 12.1 Å². The molecule has 1 unspecified atom stereocenters. The molecule has 0 aliphatic carbocycles. The van der Waals surface area contributed by atoms with Crippen LogP contribution in [0.2, 0.25) is 0 Å². The highest BCUT2D eigenvalue weighted by Gasteiger charge is 2.21. The average molecular weight is 227 g/mol. The number of benzene rings is 2. The average Bonchev–Trinajstić information content (AvgIpc) is 2.29. The number of nitrogens with two attached hydrogens (primary N) is 1. The Morgan fingerprint density at radius 3 is 2.41 bits per heavy atom. The molecule has 0 fully saturated rings. The van der Waals surface area contributed by atoms with Crippen molar-refractivity contribution in [3.8, 4) is 5.75 Å². The second-order valence-corrected chi connectivity index (χ2v) is 4.63. The number of hydrogen-bond donors (Lipinski definition) is 2. The van der Waals surface area contributed by atoms with Crippen molar-refractivity contribution in [2.75, 3.05) is 0 Å². The fraction of sp³-hybridized carbons (Fsp3) is 0.200. The number of hydrogen-bond acceptors (Lipinski definition) is 2. The predicted molar refractivity (Wildman–Crippen MR) is 69.8 cm³/mol. The highest BCUT2D eigenvalue weighted by atomic mass is 16.3. The lowest BCUT2D eigenvalue weighted by Crippen LogP contribution is -2.35. The van der Waals surface area contributed by atoms with Gasteiger partial charge in [-0.2, -0.15) is 0 Å². The van der Waals surface area contributed by atoms with Crippen molar-refractivity contribution in [1.29, 1.82) is 0 Å². The molecule has 0 bridgehead atoms. The summed E-state index contributed by atoms with van der Waals surface area (Å²) in [6.45, 7) is 2.01. The van der Waals surface area contributed by atoms with E-state index in [0.29, 0.717) is 6.42 Å². The van der Waals surface area contributed by atoms with Gasteiger partial charge in [-0.05, 0) is 36.6 Å². The molecule has 0 heterocycles. The summed E-state index contributed by atoms with van der Waals surface area (Å²) in [5.74, 6) is 0.284. The quantitative estimate of drug-likeness (QED) is 0.847. The van der Waals surface area contributed by atoms with Gasteiger partial charge in [0.15, 0.2) is 0 Å². The standard InChI is InChI=1S/C15H17NO/c1-15(16,13-7-3-2-4-8-13)11-12-6-5-9-14(17)10-12/h2-10,17H,11,16H2,1H3. The molecule has 0 amide bonds. The van der Waals surface area contributed by atoms with Gasteiger partial charge in [-0.15, -0.1) is 0 Å². The van der Waals surface area contributed by atoms with E-state index < -0.39 is 5.54 Å². The molecule has 1 atom stereocenters. The van der Waals surface area contributed by atoms with Crippen LogP contribution in [0.5, 0.6) is 5.75 Å². The molecule has 17 heavy (non-hydrogen) atoms. The highest BCUT2D eigenvalue weighted by molar-refractivity contribution is 5.31. The van der Waals surface area contributed by atoms with E-state index >= 15 is 0 Å². The Morgan fingerprint density at radius 2 is 1.76 bits per heavy atom. The third kappa shape index (κ3) is 2.86. The smallest absolute Gasteiger partial charge is 0.115 e. The largest absolute Gasteiger partial charge is 0.508 e. The van der Waals surface area contributed by atoms with Gasteiger partial charge in [-0.25, -0.2) is 0 Å². The topological polar surface area (TPSA) is 46.2 Å². The van der Waals surface area contributed by atoms with Crippen molar-refractivity contribution in [1.82, 2.24) is 0 Å². The Hall–Kier alpha value is -1.80. The molecular weight excluding hydrogens is 210 g/mol. The third-order valence-corrected chi connectivity index (χ3v) is 2.92. The molecule has 3 N–H and O–H groups in total. The summed E-state index contributed by atoms with van der Waals surface area (Å²) < 4.78 is 0. The second kappa shape index (κ2) is 4.60. The first kappa shape index (κ1) is 11.7. The van der Waals surface area contributed by atoms with Crippen LogP contribution in [0.4, 0.5) is 0 Å². The Bertz CT molecular complexity index is 491. The van der Waals surface area contributed by atoms with Crippen LogP contribution in [-0.4, -0.2) is 5.11 Å². The zero-order chi connectivity index (χ0) is 12.3. The van der Waals surface area contributed by atoms with Gasteiger partial charge in [0.2, 0.25) is 0 Å². The zero-order valence-electron chi connectivity index (χ0n) is 9.93. The maximum atomic E-state index is 9.44. The van der Waals surface area contributed by atoms with E-state index in [4.69, 9.17) is 5.73 Å². The zero-order valence-corrected chi connectivity index (χ0v) is 9.93. The first-order chi connectivity index (χ1) is 8.08. The molecule has 2 aromatic rings. The lowest BCUT2D eigenvalue weighted by molar-refractivity contribution is 0.468. The number of rotatable bonds is 3. The molecule has 0 aliphatic heterocycles. The number of phenolic OH excluding ortho intramolecular Hbond substituents is 1. The van der Waals surface area contributed by atoms with Gasteiger partial charge in [0.1, 0.15) is 5.75 Å². The van der Waals surface area contributed by atoms with E-state index in [1.165, 1.54) is 0 Å². The second-order valence-electron chi connectivity index (χ2n) is 4.63. The molecule has 2 nitrogen and oxygen atoms in total. The van der Waals surface area contributed by atoms with E-state index in [-0.39, 0.29) is 5.75 Å². The number of aromatic hydroxyl groups is 1. The minimum absolute atomic E-state index is 0.284. The highest BCUT2D eigenvalue weighted by Crippen LogP contribution is 2.23. The van der Waals surface area contributed by atoms with Crippen molar-refractivity contribution >= 4 is 0 Å². The predicted octanol–water partition coefficient (Wildman–Crippen LogP) is 2.81. The van der Waals surface area contributed by atoms with Gasteiger partial charge in [0.25, 0.3) is 0 Å². The first-order valence-electron chi connectivity index (χ1n) is 5.70. The molecule has 2 aromatic carbocycles. The van der Waals surface area contributed by atoms with E-state index in [0.717, 1.165) is 11.1 Å². The molecule has 0 saturated carbocycles. The van der Waals surface area contributed by atoms with E-state index in [1.807, 2.05) is 49.4 Å². The molecule has 0 aromatic heterocycles. The van der Waals surface area contributed by atoms with Gasteiger partial charge in [0.05, 0.1) is 0 Å². The Kier molecular flexibility index (Phi) is 3.16. The molecule has 0 radical (unpaired) electrons. The summed E-state index contributed by atoms with van der Waals surface area (Å²) in [7, 11) is 0. The van der Waals surface area contributed by atoms with Gasteiger partial charge in [-0.1, -0.05) is 42.5 Å². The van der Waals surface area contributed by atoms with E-state index in [2.05, 4.69) is 0 Å². The van der Waals surface area contributed by atoms with Crippen LogP contribution in [0.1, 0.15) is 18.1 Å². The summed E-state index contributed by atoms with van der Waals surface area (Å²) in [5, 5.41) is 9.44. The monoisotopic (exact) mass is 227 g/mol. The van der Waals surface area contributed by atoms with Crippen LogP contribution in [0.15, 0.2) is 54.6 Å². The minimum atomic E-state index is -0.422. The summed E-state index contributed by atoms with van der Waals surface area (Å²) in [5.41, 5.74) is 8.06. The molecule has 2 heteroatoms. The molecule has 0 saturated heterocycles. The molecule has 2 rings (SSSR count). The van der Waals surface area contributed by atoms with Gasteiger partial charge in [0, 0.05) is 5.54 Å². The SMILES string of the molecule is CC(N)(Cc1cccc(O)c1)c1ccccc1. The lowest BCUT2D eigenvalue weighted by atomic mass is 9.87. The van der Waals surface area contributed by atoms with Gasteiger partial charge in [-0.3, -0.25) is 0 Å². The number of phenols is 1. The Labute approximate surface area is 102 Å².